The maximum Gasteiger partial charge on any atom is 0.194 e. The zero-order valence-corrected chi connectivity index (χ0v) is 11.1. The van der Waals surface area contributed by atoms with Gasteiger partial charge in [0.2, 0.25) is 0 Å². The van der Waals surface area contributed by atoms with Crippen molar-refractivity contribution in [2.24, 2.45) is 0 Å². The Bertz CT molecular complexity index is 563. The zero-order chi connectivity index (χ0) is 13.8. The Morgan fingerprint density at radius 1 is 0.789 bits per heavy atom. The molecule has 2 nitrogen and oxygen atoms in total. The molecule has 19 heavy (non-hydrogen) atoms. The first-order chi connectivity index (χ1) is 9.29. The first kappa shape index (κ1) is 13.2. The van der Waals surface area contributed by atoms with Crippen molar-refractivity contribution in [3.8, 4) is 0 Å². The van der Waals surface area contributed by atoms with Crippen molar-refractivity contribution in [1.29, 1.82) is 0 Å². The lowest BCUT2D eigenvalue weighted by Crippen LogP contribution is -2.20. The summed E-state index contributed by atoms with van der Waals surface area (Å²) in [6.07, 6.45) is 8.07. The predicted octanol–water partition coefficient (Wildman–Crippen LogP) is 3.90. The van der Waals surface area contributed by atoms with Gasteiger partial charge in [0.15, 0.2) is 11.6 Å². The van der Waals surface area contributed by atoms with Crippen molar-refractivity contribution >= 4 is 11.6 Å². The third-order valence-corrected chi connectivity index (χ3v) is 3.04. The molecule has 96 valence electrons. The van der Waals surface area contributed by atoms with E-state index in [4.69, 9.17) is 0 Å². The number of benzene rings is 1. The van der Waals surface area contributed by atoms with Gasteiger partial charge in [-0.25, -0.2) is 0 Å². The van der Waals surface area contributed by atoms with Crippen LogP contribution >= 0.6 is 0 Å². The Morgan fingerprint density at radius 2 is 1.21 bits per heavy atom. The Kier molecular flexibility index (Phi) is 3.91. The normalized spacial score (nSPS) is 16.3. The van der Waals surface area contributed by atoms with E-state index < -0.39 is 0 Å². The summed E-state index contributed by atoms with van der Waals surface area (Å²) in [4.78, 5) is 24.5. The Labute approximate surface area is 113 Å². The molecule has 0 unspecified atom stereocenters. The number of hydrogen-bond donors (Lipinski definition) is 0. The average molecular weight is 252 g/mol. The molecule has 1 aromatic rings. The van der Waals surface area contributed by atoms with Gasteiger partial charge >= 0.3 is 0 Å². The highest BCUT2D eigenvalue weighted by molar-refractivity contribution is 6.28. The van der Waals surface area contributed by atoms with E-state index in [9.17, 15) is 9.59 Å². The second-order valence-electron chi connectivity index (χ2n) is 4.07. The largest absolute Gasteiger partial charge is 0.289 e. The molecule has 2 aliphatic rings. The van der Waals surface area contributed by atoms with Crippen molar-refractivity contribution < 1.29 is 9.59 Å². The number of carbonyl (C=O) groups excluding carboxylic acids is 2. The second-order valence-corrected chi connectivity index (χ2v) is 4.07. The minimum atomic E-state index is -0.0574. The van der Waals surface area contributed by atoms with Gasteiger partial charge in [-0.05, 0) is 6.42 Å². The van der Waals surface area contributed by atoms with Gasteiger partial charge in [0, 0.05) is 22.3 Å². The lowest BCUT2D eigenvalue weighted by molar-refractivity contribution is 0.0980. The summed E-state index contributed by atoms with van der Waals surface area (Å²) in [6, 6.07) is 6.99. The van der Waals surface area contributed by atoms with Crippen molar-refractivity contribution in [1.82, 2.24) is 0 Å². The smallest absolute Gasteiger partial charge is 0.194 e. The van der Waals surface area contributed by atoms with Crippen LogP contribution in [0.5, 0.6) is 0 Å². The van der Waals surface area contributed by atoms with Gasteiger partial charge < -0.3 is 0 Å². The Hall–Kier alpha value is -2.22. The van der Waals surface area contributed by atoms with Crippen LogP contribution in [0, 0.1) is 0 Å². The molecule has 0 atom stereocenters. The van der Waals surface area contributed by atoms with Gasteiger partial charge in [-0.1, -0.05) is 62.4 Å². The summed E-state index contributed by atoms with van der Waals surface area (Å²) in [5, 5.41) is 0. The SMILES string of the molecule is CC.O=C1C2=C(C=CCC=C2)C(=O)c2ccccc21. The molecule has 0 heterocycles. The molecule has 0 spiro atoms. The van der Waals surface area contributed by atoms with Gasteiger partial charge in [0.1, 0.15) is 0 Å². The highest BCUT2D eigenvalue weighted by Gasteiger charge is 2.29. The molecule has 0 bridgehead atoms. The van der Waals surface area contributed by atoms with Crippen LogP contribution in [-0.4, -0.2) is 11.6 Å². The lowest BCUT2D eigenvalue weighted by Gasteiger charge is -2.16. The molecule has 0 aromatic heterocycles. The lowest BCUT2D eigenvalue weighted by atomic mass is 9.84. The topological polar surface area (TPSA) is 34.1 Å². The third kappa shape index (κ3) is 2.22. The van der Waals surface area contributed by atoms with Crippen molar-refractivity contribution in [3.63, 3.8) is 0 Å². The fraction of sp³-hybridized carbons (Fsp3) is 0.176. The summed E-state index contributed by atoms with van der Waals surface area (Å²) >= 11 is 0. The van der Waals surface area contributed by atoms with E-state index in [-0.39, 0.29) is 11.6 Å². The third-order valence-electron chi connectivity index (χ3n) is 3.04. The van der Waals surface area contributed by atoms with E-state index in [1.54, 1.807) is 36.4 Å². The van der Waals surface area contributed by atoms with Crippen LogP contribution in [0.4, 0.5) is 0 Å². The molecule has 0 amide bonds. The van der Waals surface area contributed by atoms with Crippen LogP contribution in [0.1, 0.15) is 41.0 Å². The molecule has 0 N–H and O–H groups in total. The summed E-state index contributed by atoms with van der Waals surface area (Å²) < 4.78 is 0. The number of allylic oxidation sites excluding steroid dienone is 6. The van der Waals surface area contributed by atoms with Gasteiger partial charge in [0.25, 0.3) is 0 Å². The standard InChI is InChI=1S/C15H10O2.C2H6/c16-14-10-6-2-1-3-7-11(10)15(17)13-9-5-4-8-12(13)14;1-2/h2-9H,1H2;1-2H3. The predicted molar refractivity (Wildman–Crippen MR) is 76.4 cm³/mol. The van der Waals surface area contributed by atoms with Crippen molar-refractivity contribution in [2.75, 3.05) is 0 Å². The highest BCUT2D eigenvalue weighted by Crippen LogP contribution is 2.28. The van der Waals surface area contributed by atoms with Crippen LogP contribution in [0.3, 0.4) is 0 Å². The maximum atomic E-state index is 12.3. The molecule has 0 saturated carbocycles. The Morgan fingerprint density at radius 3 is 1.63 bits per heavy atom. The number of rotatable bonds is 0. The summed E-state index contributed by atoms with van der Waals surface area (Å²) in [7, 11) is 0. The van der Waals surface area contributed by atoms with E-state index in [1.165, 1.54) is 0 Å². The molecular weight excluding hydrogens is 236 g/mol. The minimum Gasteiger partial charge on any atom is -0.289 e. The molecule has 0 aliphatic heterocycles. The molecule has 0 radical (unpaired) electrons. The number of fused-ring (bicyclic) bond motifs is 1. The highest BCUT2D eigenvalue weighted by atomic mass is 16.1. The van der Waals surface area contributed by atoms with Crippen LogP contribution in [0.15, 0.2) is 59.7 Å². The molecule has 2 heteroatoms. The minimum absolute atomic E-state index is 0.0574. The molecule has 3 rings (SSSR count). The van der Waals surface area contributed by atoms with E-state index in [0.29, 0.717) is 22.3 Å². The van der Waals surface area contributed by atoms with Gasteiger partial charge in [0.05, 0.1) is 0 Å². The van der Waals surface area contributed by atoms with Crippen LogP contribution < -0.4 is 0 Å². The Balaban J connectivity index is 0.000000637. The monoisotopic (exact) mass is 252 g/mol. The summed E-state index contributed by atoms with van der Waals surface area (Å²) in [5.41, 5.74) is 2.05. The fourth-order valence-electron chi connectivity index (χ4n) is 2.20. The average Bonchev–Trinajstić information content (AvgIpc) is 2.73. The van der Waals surface area contributed by atoms with E-state index in [1.807, 2.05) is 26.0 Å². The molecule has 1 aromatic carbocycles. The summed E-state index contributed by atoms with van der Waals surface area (Å²) in [5.74, 6) is -0.115. The first-order valence-corrected chi connectivity index (χ1v) is 6.55. The second kappa shape index (κ2) is 5.61. The van der Waals surface area contributed by atoms with Gasteiger partial charge in [-0.3, -0.25) is 9.59 Å². The summed E-state index contributed by atoms with van der Waals surface area (Å²) in [6.45, 7) is 4.00. The fourth-order valence-corrected chi connectivity index (χ4v) is 2.20. The van der Waals surface area contributed by atoms with Crippen LogP contribution in [0.25, 0.3) is 0 Å². The molecule has 0 fully saturated rings. The van der Waals surface area contributed by atoms with E-state index in [0.717, 1.165) is 6.42 Å². The van der Waals surface area contributed by atoms with Gasteiger partial charge in [-0.2, -0.15) is 0 Å². The van der Waals surface area contributed by atoms with Crippen LogP contribution in [0.2, 0.25) is 0 Å². The molecule has 2 aliphatic carbocycles. The van der Waals surface area contributed by atoms with Crippen molar-refractivity contribution in [3.05, 3.63) is 70.8 Å². The number of Topliss-reactive ketones (excluding diaryl/α,β-unsaturated/α-hetero) is 2. The number of carbonyl (C=O) groups is 2. The molecular formula is C17H16O2. The van der Waals surface area contributed by atoms with Crippen molar-refractivity contribution in [2.45, 2.75) is 20.3 Å². The van der Waals surface area contributed by atoms with Gasteiger partial charge in [-0.15, -0.1) is 0 Å². The maximum absolute atomic E-state index is 12.3. The number of hydrogen-bond acceptors (Lipinski definition) is 2. The van der Waals surface area contributed by atoms with E-state index >= 15 is 0 Å². The molecule has 0 saturated heterocycles. The van der Waals surface area contributed by atoms with E-state index in [2.05, 4.69) is 0 Å². The first-order valence-electron chi connectivity index (χ1n) is 6.55. The number of ketones is 2. The quantitative estimate of drug-likeness (QED) is 0.701. The van der Waals surface area contributed by atoms with Crippen LogP contribution in [-0.2, 0) is 0 Å². The zero-order valence-electron chi connectivity index (χ0n) is 11.1.